The molecule has 0 aliphatic heterocycles. The molecule has 7 nitrogen and oxygen atoms in total. The third kappa shape index (κ3) is 6.36. The zero-order valence-electron chi connectivity index (χ0n) is 15.3. The Morgan fingerprint density at radius 2 is 2.04 bits per heavy atom. The first-order valence-corrected chi connectivity index (χ1v) is 7.75. The second-order valence-electron chi connectivity index (χ2n) is 6.55. The number of hydrogen-bond acceptors (Lipinski definition) is 4. The summed E-state index contributed by atoms with van der Waals surface area (Å²) in [6.45, 7) is 6.35. The van der Waals surface area contributed by atoms with Crippen LogP contribution in [0, 0.1) is 0 Å². The largest absolute Gasteiger partial charge is 0.508 e. The van der Waals surface area contributed by atoms with Crippen LogP contribution in [0.3, 0.4) is 0 Å². The molecular formula is C17H28N4O3. The highest BCUT2D eigenvalue weighted by molar-refractivity contribution is 5.86. The first kappa shape index (κ1) is 19.6. The summed E-state index contributed by atoms with van der Waals surface area (Å²) in [5.41, 5.74) is 0.407. The number of carbonyl (C=O) groups is 1. The number of likely N-dealkylation sites (N-methyl/N-ethyl adjacent to an activating group) is 1. The van der Waals surface area contributed by atoms with Gasteiger partial charge in [0.25, 0.3) is 0 Å². The molecule has 1 rings (SSSR count). The lowest BCUT2D eigenvalue weighted by Gasteiger charge is -2.25. The number of nitrogens with zero attached hydrogens (tertiary/aromatic N) is 2. The predicted molar refractivity (Wildman–Crippen MR) is 95.4 cm³/mol. The van der Waals surface area contributed by atoms with Crippen molar-refractivity contribution < 1.29 is 14.6 Å². The number of methoxy groups -OCH3 is 1. The van der Waals surface area contributed by atoms with Crippen molar-refractivity contribution in [2.45, 2.75) is 32.9 Å². The van der Waals surface area contributed by atoms with Gasteiger partial charge in [0, 0.05) is 31.7 Å². The van der Waals surface area contributed by atoms with E-state index in [1.165, 1.54) is 0 Å². The van der Waals surface area contributed by atoms with Gasteiger partial charge in [-0.15, -0.1) is 0 Å². The molecule has 0 aliphatic carbocycles. The van der Waals surface area contributed by atoms with Crippen LogP contribution in [0.5, 0.6) is 11.5 Å². The Bertz CT molecular complexity index is 594. The van der Waals surface area contributed by atoms with Gasteiger partial charge in [-0.3, -0.25) is 9.79 Å². The minimum atomic E-state index is -0.277. The van der Waals surface area contributed by atoms with Gasteiger partial charge >= 0.3 is 0 Å². The Balaban J connectivity index is 2.66. The number of ether oxygens (including phenoxy) is 1. The van der Waals surface area contributed by atoms with E-state index in [2.05, 4.69) is 15.6 Å². The molecule has 0 atom stereocenters. The molecule has 1 aromatic carbocycles. The van der Waals surface area contributed by atoms with Crippen LogP contribution < -0.4 is 15.4 Å². The van der Waals surface area contributed by atoms with E-state index in [4.69, 9.17) is 4.74 Å². The lowest BCUT2D eigenvalue weighted by atomic mass is 10.1. The van der Waals surface area contributed by atoms with Gasteiger partial charge in [-0.25, -0.2) is 0 Å². The summed E-state index contributed by atoms with van der Waals surface area (Å²) < 4.78 is 5.16. The molecule has 0 saturated heterocycles. The number of phenols is 1. The first-order valence-electron chi connectivity index (χ1n) is 7.75. The van der Waals surface area contributed by atoms with Crippen molar-refractivity contribution in [1.29, 1.82) is 0 Å². The molecule has 1 aromatic rings. The summed E-state index contributed by atoms with van der Waals surface area (Å²) in [5.74, 6) is 1.31. The number of aliphatic imine (C=N–C) groups is 1. The van der Waals surface area contributed by atoms with Crippen LogP contribution in [-0.4, -0.2) is 55.2 Å². The highest BCUT2D eigenvalue weighted by Gasteiger charge is 2.17. The average Bonchev–Trinajstić information content (AvgIpc) is 2.47. The molecule has 0 unspecified atom stereocenters. The molecule has 134 valence electrons. The van der Waals surface area contributed by atoms with Gasteiger partial charge in [-0.05, 0) is 39.0 Å². The number of amides is 1. The maximum absolute atomic E-state index is 12.0. The Kier molecular flexibility index (Phi) is 6.88. The van der Waals surface area contributed by atoms with Crippen LogP contribution in [-0.2, 0) is 11.3 Å². The van der Waals surface area contributed by atoms with E-state index in [1.807, 2.05) is 20.8 Å². The zero-order valence-corrected chi connectivity index (χ0v) is 15.3. The molecule has 0 fully saturated rings. The number of aromatic hydroxyl groups is 1. The van der Waals surface area contributed by atoms with Gasteiger partial charge in [0.1, 0.15) is 11.5 Å². The smallest absolute Gasteiger partial charge is 0.240 e. The Morgan fingerprint density at radius 3 is 2.58 bits per heavy atom. The van der Waals surface area contributed by atoms with E-state index < -0.39 is 0 Å². The third-order valence-corrected chi connectivity index (χ3v) is 3.19. The fraction of sp³-hybridized carbons (Fsp3) is 0.529. The normalized spacial score (nSPS) is 11.8. The first-order chi connectivity index (χ1) is 11.2. The molecule has 3 N–H and O–H groups in total. The molecule has 0 radical (unpaired) electrons. The van der Waals surface area contributed by atoms with Crippen LogP contribution in [0.4, 0.5) is 0 Å². The summed E-state index contributed by atoms with van der Waals surface area (Å²) in [6, 6.07) is 5.03. The van der Waals surface area contributed by atoms with Gasteiger partial charge in [0.15, 0.2) is 5.96 Å². The Morgan fingerprint density at radius 1 is 1.38 bits per heavy atom. The van der Waals surface area contributed by atoms with E-state index >= 15 is 0 Å². The van der Waals surface area contributed by atoms with Gasteiger partial charge < -0.3 is 25.4 Å². The number of carbonyl (C=O) groups excluding carboxylic acids is 1. The number of hydrogen-bond donors (Lipinski definition) is 3. The van der Waals surface area contributed by atoms with Gasteiger partial charge in [0.05, 0.1) is 13.7 Å². The number of guanidine groups is 1. The van der Waals surface area contributed by atoms with Crippen LogP contribution in [0.25, 0.3) is 0 Å². The van der Waals surface area contributed by atoms with Crippen molar-refractivity contribution in [3.05, 3.63) is 23.8 Å². The molecule has 0 aromatic heterocycles. The SMILES string of the molecule is CN=C(NCc1cc(OC)ccc1O)N(C)CC(=O)NC(C)(C)C. The third-order valence-electron chi connectivity index (χ3n) is 3.19. The molecule has 0 bridgehead atoms. The fourth-order valence-electron chi connectivity index (χ4n) is 2.14. The van der Waals surface area contributed by atoms with E-state index in [9.17, 15) is 9.90 Å². The van der Waals surface area contributed by atoms with Crippen molar-refractivity contribution in [1.82, 2.24) is 15.5 Å². The molecule has 0 heterocycles. The number of benzene rings is 1. The van der Waals surface area contributed by atoms with E-state index in [0.29, 0.717) is 23.8 Å². The zero-order chi connectivity index (χ0) is 18.3. The van der Waals surface area contributed by atoms with E-state index in [0.717, 1.165) is 0 Å². The molecule has 1 amide bonds. The van der Waals surface area contributed by atoms with E-state index in [-0.39, 0.29) is 23.7 Å². The lowest BCUT2D eigenvalue weighted by molar-refractivity contribution is -0.122. The maximum Gasteiger partial charge on any atom is 0.240 e. The van der Waals surface area contributed by atoms with Crippen molar-refractivity contribution in [3.63, 3.8) is 0 Å². The van der Waals surface area contributed by atoms with Gasteiger partial charge in [-0.2, -0.15) is 0 Å². The standard InChI is InChI=1S/C17H28N4O3/c1-17(2,3)20-15(23)11-21(5)16(18-4)19-10-12-9-13(24-6)7-8-14(12)22/h7-9,22H,10-11H2,1-6H3,(H,18,19)(H,20,23). The highest BCUT2D eigenvalue weighted by Crippen LogP contribution is 2.22. The number of phenolic OH excluding ortho intramolecular Hbond substituents is 1. The Labute approximate surface area is 143 Å². The van der Waals surface area contributed by atoms with Gasteiger partial charge in [-0.1, -0.05) is 0 Å². The fourth-order valence-corrected chi connectivity index (χ4v) is 2.14. The van der Waals surface area contributed by atoms with Crippen LogP contribution >= 0.6 is 0 Å². The topological polar surface area (TPSA) is 86.2 Å². The molecule has 24 heavy (non-hydrogen) atoms. The average molecular weight is 336 g/mol. The van der Waals surface area contributed by atoms with Crippen molar-refractivity contribution in [2.24, 2.45) is 4.99 Å². The van der Waals surface area contributed by atoms with E-state index in [1.54, 1.807) is 44.3 Å². The van der Waals surface area contributed by atoms with Crippen molar-refractivity contribution in [3.8, 4) is 11.5 Å². The van der Waals surface area contributed by atoms with Gasteiger partial charge in [0.2, 0.25) is 5.91 Å². The minimum absolute atomic E-state index is 0.0859. The van der Waals surface area contributed by atoms with Crippen molar-refractivity contribution >= 4 is 11.9 Å². The molecular weight excluding hydrogens is 308 g/mol. The Hall–Kier alpha value is -2.44. The number of nitrogens with one attached hydrogen (secondary N) is 2. The molecule has 0 saturated carbocycles. The highest BCUT2D eigenvalue weighted by atomic mass is 16.5. The van der Waals surface area contributed by atoms with Crippen LogP contribution in [0.1, 0.15) is 26.3 Å². The molecule has 7 heteroatoms. The second kappa shape index (κ2) is 8.42. The summed E-state index contributed by atoms with van der Waals surface area (Å²) in [4.78, 5) is 17.9. The number of rotatable bonds is 5. The van der Waals surface area contributed by atoms with Crippen LogP contribution in [0.15, 0.2) is 23.2 Å². The summed E-state index contributed by atoms with van der Waals surface area (Å²) in [6.07, 6.45) is 0. The molecule has 0 spiro atoms. The summed E-state index contributed by atoms with van der Waals surface area (Å²) in [5, 5.41) is 15.9. The minimum Gasteiger partial charge on any atom is -0.508 e. The summed E-state index contributed by atoms with van der Waals surface area (Å²) >= 11 is 0. The van der Waals surface area contributed by atoms with Crippen molar-refractivity contribution in [2.75, 3.05) is 27.7 Å². The predicted octanol–water partition coefficient (Wildman–Crippen LogP) is 1.32. The second-order valence-corrected chi connectivity index (χ2v) is 6.55. The lowest BCUT2D eigenvalue weighted by Crippen LogP contribution is -2.48. The monoisotopic (exact) mass is 336 g/mol. The quantitative estimate of drug-likeness (QED) is 0.558. The molecule has 0 aliphatic rings. The van der Waals surface area contributed by atoms with Crippen LogP contribution in [0.2, 0.25) is 0 Å². The summed E-state index contributed by atoms with van der Waals surface area (Å²) in [7, 11) is 5.00. The maximum atomic E-state index is 12.0.